The van der Waals surface area contributed by atoms with Gasteiger partial charge in [-0.3, -0.25) is 4.79 Å². The fraction of sp³-hybridized carbons (Fsp3) is 0.533. The van der Waals surface area contributed by atoms with Crippen LogP contribution >= 0.6 is 35.8 Å². The number of hydrogen-bond donors (Lipinski definition) is 2. The number of nitrogens with two attached hydrogens (primary N) is 1. The van der Waals surface area contributed by atoms with Gasteiger partial charge in [0.15, 0.2) is 0 Å². The first kappa shape index (κ1) is 18.6. The van der Waals surface area contributed by atoms with Gasteiger partial charge in [0.2, 0.25) is 5.91 Å². The zero-order chi connectivity index (χ0) is 14.4. The molecule has 1 amide bonds. The van der Waals surface area contributed by atoms with Crippen LogP contribution in [0.15, 0.2) is 29.2 Å². The maximum atomic E-state index is 12.0. The highest BCUT2D eigenvalue weighted by molar-refractivity contribution is 8.00. The van der Waals surface area contributed by atoms with Crippen molar-refractivity contribution in [3.05, 3.63) is 29.3 Å². The molecule has 1 aliphatic rings. The number of halogens is 2. The SMILES string of the molecule is Cl.NCC1CCCCC1NC(=O)CSc1ccccc1Cl. The Morgan fingerprint density at radius 1 is 1.33 bits per heavy atom. The molecule has 0 aromatic heterocycles. The first-order chi connectivity index (χ1) is 9.70. The zero-order valence-electron chi connectivity index (χ0n) is 11.9. The largest absolute Gasteiger partial charge is 0.352 e. The van der Waals surface area contributed by atoms with Crippen molar-refractivity contribution in [3.63, 3.8) is 0 Å². The zero-order valence-corrected chi connectivity index (χ0v) is 14.3. The molecule has 0 spiro atoms. The highest BCUT2D eigenvalue weighted by Crippen LogP contribution is 2.27. The molecule has 0 heterocycles. The van der Waals surface area contributed by atoms with E-state index in [1.807, 2.05) is 24.3 Å². The smallest absolute Gasteiger partial charge is 0.230 e. The molecule has 2 unspecified atom stereocenters. The van der Waals surface area contributed by atoms with Crippen molar-refractivity contribution in [1.82, 2.24) is 5.32 Å². The first-order valence-corrected chi connectivity index (χ1v) is 8.44. The fourth-order valence-electron chi connectivity index (χ4n) is 2.63. The Balaban J connectivity index is 0.00000220. The Hall–Kier alpha value is -0.420. The van der Waals surface area contributed by atoms with E-state index >= 15 is 0 Å². The second-order valence-electron chi connectivity index (χ2n) is 5.17. The van der Waals surface area contributed by atoms with E-state index in [0.717, 1.165) is 17.7 Å². The minimum Gasteiger partial charge on any atom is -0.352 e. The number of amides is 1. The van der Waals surface area contributed by atoms with Crippen molar-refractivity contribution in [2.75, 3.05) is 12.3 Å². The molecule has 1 aromatic rings. The summed E-state index contributed by atoms with van der Waals surface area (Å²) in [6.45, 7) is 0.655. The number of nitrogens with one attached hydrogen (secondary N) is 1. The molecular formula is C15H22Cl2N2OS. The molecule has 3 nitrogen and oxygen atoms in total. The number of hydrogen-bond acceptors (Lipinski definition) is 3. The summed E-state index contributed by atoms with van der Waals surface area (Å²) in [6, 6.07) is 7.84. The summed E-state index contributed by atoms with van der Waals surface area (Å²) in [7, 11) is 0. The summed E-state index contributed by atoms with van der Waals surface area (Å²) < 4.78 is 0. The maximum Gasteiger partial charge on any atom is 0.230 e. The number of benzene rings is 1. The van der Waals surface area contributed by atoms with Gasteiger partial charge in [0, 0.05) is 10.9 Å². The fourth-order valence-corrected chi connectivity index (χ4v) is 3.68. The van der Waals surface area contributed by atoms with Crippen LogP contribution in [0.5, 0.6) is 0 Å². The van der Waals surface area contributed by atoms with E-state index in [1.54, 1.807) is 0 Å². The number of thioether (sulfide) groups is 1. The van der Waals surface area contributed by atoms with Gasteiger partial charge in [-0.25, -0.2) is 0 Å². The van der Waals surface area contributed by atoms with E-state index in [-0.39, 0.29) is 24.4 Å². The third kappa shape index (κ3) is 5.70. The second kappa shape index (κ2) is 9.57. The molecule has 0 aliphatic heterocycles. The highest BCUT2D eigenvalue weighted by atomic mass is 35.5. The van der Waals surface area contributed by atoms with Gasteiger partial charge in [-0.1, -0.05) is 36.6 Å². The molecular weight excluding hydrogens is 327 g/mol. The van der Waals surface area contributed by atoms with Crippen LogP contribution in [0.25, 0.3) is 0 Å². The minimum atomic E-state index is 0. The lowest BCUT2D eigenvalue weighted by Gasteiger charge is -2.31. The molecule has 0 saturated heterocycles. The Morgan fingerprint density at radius 2 is 2.05 bits per heavy atom. The molecule has 1 fully saturated rings. The van der Waals surface area contributed by atoms with Crippen molar-refractivity contribution in [2.45, 2.75) is 36.6 Å². The monoisotopic (exact) mass is 348 g/mol. The molecule has 21 heavy (non-hydrogen) atoms. The molecule has 0 bridgehead atoms. The molecule has 1 aromatic carbocycles. The van der Waals surface area contributed by atoms with Gasteiger partial charge in [0.1, 0.15) is 0 Å². The molecule has 1 aliphatic carbocycles. The summed E-state index contributed by atoms with van der Waals surface area (Å²) in [5.74, 6) is 0.899. The summed E-state index contributed by atoms with van der Waals surface area (Å²) >= 11 is 7.55. The van der Waals surface area contributed by atoms with E-state index in [2.05, 4.69) is 5.32 Å². The van der Waals surface area contributed by atoms with Crippen molar-refractivity contribution in [3.8, 4) is 0 Å². The Labute approximate surface area is 141 Å². The lowest BCUT2D eigenvalue weighted by Crippen LogP contribution is -2.45. The summed E-state index contributed by atoms with van der Waals surface area (Å²) in [4.78, 5) is 13.0. The highest BCUT2D eigenvalue weighted by Gasteiger charge is 2.25. The van der Waals surface area contributed by atoms with Crippen LogP contribution in [0.3, 0.4) is 0 Å². The van der Waals surface area contributed by atoms with Gasteiger partial charge >= 0.3 is 0 Å². The standard InChI is InChI=1S/C15H21ClN2OS.ClH/c16-12-6-2-4-8-14(12)20-10-15(19)18-13-7-3-1-5-11(13)9-17;/h2,4,6,8,11,13H,1,3,5,7,9-10,17H2,(H,18,19);1H. The Morgan fingerprint density at radius 3 is 2.76 bits per heavy atom. The normalized spacial score (nSPS) is 21.4. The first-order valence-electron chi connectivity index (χ1n) is 7.07. The quantitative estimate of drug-likeness (QED) is 0.800. The topological polar surface area (TPSA) is 55.1 Å². The van der Waals surface area contributed by atoms with Gasteiger partial charge < -0.3 is 11.1 Å². The third-order valence-corrected chi connectivity index (χ3v) is 5.27. The van der Waals surface area contributed by atoms with Crippen molar-refractivity contribution >= 4 is 41.7 Å². The minimum absolute atomic E-state index is 0. The summed E-state index contributed by atoms with van der Waals surface area (Å²) in [6.07, 6.45) is 4.57. The average molecular weight is 349 g/mol. The van der Waals surface area contributed by atoms with Crippen LogP contribution in [0.1, 0.15) is 25.7 Å². The van der Waals surface area contributed by atoms with Crippen LogP contribution < -0.4 is 11.1 Å². The molecule has 1 saturated carbocycles. The summed E-state index contributed by atoms with van der Waals surface area (Å²) in [5, 5.41) is 3.82. The van der Waals surface area contributed by atoms with E-state index < -0.39 is 0 Å². The Kier molecular flexibility index (Phi) is 8.49. The van der Waals surface area contributed by atoms with Gasteiger partial charge in [-0.2, -0.15) is 0 Å². The van der Waals surface area contributed by atoms with Gasteiger partial charge in [0.25, 0.3) is 0 Å². The van der Waals surface area contributed by atoms with Gasteiger partial charge in [-0.15, -0.1) is 24.2 Å². The van der Waals surface area contributed by atoms with E-state index in [9.17, 15) is 4.79 Å². The second-order valence-corrected chi connectivity index (χ2v) is 6.60. The van der Waals surface area contributed by atoms with E-state index in [1.165, 1.54) is 24.6 Å². The van der Waals surface area contributed by atoms with E-state index in [4.69, 9.17) is 17.3 Å². The Bertz CT molecular complexity index is 459. The number of carbonyl (C=O) groups is 1. The molecule has 6 heteroatoms. The van der Waals surface area contributed by atoms with Gasteiger partial charge in [-0.05, 0) is 37.4 Å². The predicted molar refractivity (Wildman–Crippen MR) is 92.4 cm³/mol. The lowest BCUT2D eigenvalue weighted by atomic mass is 9.84. The third-order valence-electron chi connectivity index (χ3n) is 3.75. The predicted octanol–water partition coefficient (Wildman–Crippen LogP) is 3.49. The molecule has 2 rings (SSSR count). The number of carbonyl (C=O) groups excluding carboxylic acids is 1. The van der Waals surface area contributed by atoms with Crippen molar-refractivity contribution < 1.29 is 4.79 Å². The number of rotatable bonds is 5. The van der Waals surface area contributed by atoms with Crippen LogP contribution in [0, 0.1) is 5.92 Å². The molecule has 3 N–H and O–H groups in total. The molecule has 118 valence electrons. The lowest BCUT2D eigenvalue weighted by molar-refractivity contribution is -0.119. The van der Waals surface area contributed by atoms with Crippen molar-refractivity contribution in [1.29, 1.82) is 0 Å². The van der Waals surface area contributed by atoms with E-state index in [0.29, 0.717) is 23.2 Å². The van der Waals surface area contributed by atoms with Gasteiger partial charge in [0.05, 0.1) is 10.8 Å². The van der Waals surface area contributed by atoms with Crippen LogP contribution in [-0.2, 0) is 4.79 Å². The maximum absolute atomic E-state index is 12.0. The van der Waals surface area contributed by atoms with Crippen molar-refractivity contribution in [2.24, 2.45) is 11.7 Å². The van der Waals surface area contributed by atoms with Crippen LogP contribution in [0.4, 0.5) is 0 Å². The average Bonchev–Trinajstić information content (AvgIpc) is 2.47. The van der Waals surface area contributed by atoms with Crippen LogP contribution in [0.2, 0.25) is 5.02 Å². The molecule has 0 radical (unpaired) electrons. The molecule has 2 atom stereocenters. The summed E-state index contributed by atoms with van der Waals surface area (Å²) in [5.41, 5.74) is 5.78. The van der Waals surface area contributed by atoms with Crippen LogP contribution in [-0.4, -0.2) is 24.2 Å².